The average Bonchev–Trinajstić information content (AvgIpc) is 2.82. The topological polar surface area (TPSA) is 115 Å². The number of rotatable bonds is 8. The van der Waals surface area contributed by atoms with E-state index in [-0.39, 0.29) is 21.8 Å². The molecule has 34 heavy (non-hydrogen) atoms. The number of anilines is 1. The van der Waals surface area contributed by atoms with E-state index in [4.69, 9.17) is 25.8 Å². The summed E-state index contributed by atoms with van der Waals surface area (Å²) in [6.07, 6.45) is 0.798. The number of allylic oxidation sites excluding steroid dienone is 1. The van der Waals surface area contributed by atoms with E-state index in [1.54, 1.807) is 37.3 Å². The first-order valence-electron chi connectivity index (χ1n) is 10.6. The van der Waals surface area contributed by atoms with Gasteiger partial charge < -0.3 is 30.2 Å². The Hall–Kier alpha value is -3.72. The van der Waals surface area contributed by atoms with Gasteiger partial charge in [-0.25, -0.2) is 9.59 Å². The maximum absolute atomic E-state index is 13.4. The molecule has 0 aromatic heterocycles. The summed E-state index contributed by atoms with van der Waals surface area (Å²) < 4.78 is 15.9. The highest BCUT2D eigenvalue weighted by molar-refractivity contribution is 6.31. The van der Waals surface area contributed by atoms with Gasteiger partial charge in [0.05, 0.1) is 48.7 Å². The molecule has 1 unspecified atom stereocenters. The molecule has 10 heteroatoms. The Balaban J connectivity index is 2.02. The zero-order chi connectivity index (χ0) is 24.8. The molecule has 180 valence electrons. The second-order valence-electron chi connectivity index (χ2n) is 7.43. The fraction of sp³-hybridized carbons (Fsp3) is 0.292. The van der Waals surface area contributed by atoms with Crippen molar-refractivity contribution in [2.45, 2.75) is 26.3 Å². The number of urea groups is 1. The number of amides is 3. The quantitative estimate of drug-likeness (QED) is 0.481. The normalized spacial score (nSPS) is 15.2. The van der Waals surface area contributed by atoms with Crippen LogP contribution in [0.25, 0.3) is 0 Å². The van der Waals surface area contributed by atoms with Gasteiger partial charge in [0.15, 0.2) is 11.5 Å². The molecule has 1 atom stereocenters. The summed E-state index contributed by atoms with van der Waals surface area (Å²) in [5.41, 5.74) is 1.46. The molecule has 9 nitrogen and oxygen atoms in total. The van der Waals surface area contributed by atoms with E-state index in [0.717, 1.165) is 6.42 Å². The van der Waals surface area contributed by atoms with Crippen LogP contribution in [0, 0.1) is 0 Å². The molecule has 2 aromatic rings. The monoisotopic (exact) mass is 487 g/mol. The number of methoxy groups -OCH3 is 2. The van der Waals surface area contributed by atoms with Crippen LogP contribution in [0.1, 0.15) is 42.2 Å². The van der Waals surface area contributed by atoms with E-state index in [9.17, 15) is 14.4 Å². The lowest BCUT2D eigenvalue weighted by atomic mass is 9.94. The van der Waals surface area contributed by atoms with Crippen LogP contribution >= 0.6 is 11.6 Å². The fourth-order valence-corrected chi connectivity index (χ4v) is 3.82. The van der Waals surface area contributed by atoms with E-state index in [0.29, 0.717) is 29.4 Å². The van der Waals surface area contributed by atoms with Gasteiger partial charge in [0.1, 0.15) is 0 Å². The number of carbonyl (C=O) groups excluding carboxylic acids is 3. The van der Waals surface area contributed by atoms with E-state index in [1.165, 1.54) is 20.3 Å². The van der Waals surface area contributed by atoms with Crippen LogP contribution in [-0.4, -0.2) is 38.7 Å². The number of halogens is 1. The Kier molecular flexibility index (Phi) is 8.01. The molecule has 0 saturated carbocycles. The largest absolute Gasteiger partial charge is 0.493 e. The number of benzene rings is 2. The van der Waals surface area contributed by atoms with Crippen molar-refractivity contribution in [3.8, 4) is 11.5 Å². The molecule has 1 heterocycles. The standard InChI is InChI=1S/C24H26ClN3O6/c1-5-10-34-19-12-16(25)15(11-18(19)32-3)21-20(13(2)26-24(31)28-21)22(29)27-17-9-7-6-8-14(17)23(30)33-4/h6-9,11-12,21H,5,10H2,1-4H3,(H,27,29)(H2,26,28,31). The predicted molar refractivity (Wildman–Crippen MR) is 127 cm³/mol. The number of esters is 1. The van der Waals surface area contributed by atoms with Gasteiger partial charge in [-0.1, -0.05) is 30.7 Å². The van der Waals surface area contributed by atoms with Crippen molar-refractivity contribution in [1.29, 1.82) is 0 Å². The van der Waals surface area contributed by atoms with Gasteiger partial charge in [0, 0.05) is 17.3 Å². The number of nitrogens with one attached hydrogen (secondary N) is 3. The van der Waals surface area contributed by atoms with Gasteiger partial charge in [0.25, 0.3) is 5.91 Å². The molecule has 0 saturated heterocycles. The Morgan fingerprint density at radius 2 is 1.88 bits per heavy atom. The van der Waals surface area contributed by atoms with Crippen LogP contribution in [0.4, 0.5) is 10.5 Å². The van der Waals surface area contributed by atoms with Crippen molar-refractivity contribution in [2.24, 2.45) is 0 Å². The summed E-state index contributed by atoms with van der Waals surface area (Å²) in [5.74, 6) is -0.262. The highest BCUT2D eigenvalue weighted by atomic mass is 35.5. The number of hydrogen-bond acceptors (Lipinski definition) is 6. The van der Waals surface area contributed by atoms with Gasteiger partial charge in [-0.2, -0.15) is 0 Å². The zero-order valence-electron chi connectivity index (χ0n) is 19.3. The third-order valence-electron chi connectivity index (χ3n) is 5.15. The first-order valence-corrected chi connectivity index (χ1v) is 11.0. The highest BCUT2D eigenvalue weighted by Crippen LogP contribution is 2.39. The van der Waals surface area contributed by atoms with Gasteiger partial charge in [-0.15, -0.1) is 0 Å². The molecule has 0 fully saturated rings. The Labute approximate surface area is 202 Å². The van der Waals surface area contributed by atoms with Crippen LogP contribution in [-0.2, 0) is 9.53 Å². The lowest BCUT2D eigenvalue weighted by Crippen LogP contribution is -2.46. The molecule has 3 amide bonds. The minimum Gasteiger partial charge on any atom is -0.493 e. The van der Waals surface area contributed by atoms with Crippen molar-refractivity contribution in [1.82, 2.24) is 10.6 Å². The summed E-state index contributed by atoms with van der Waals surface area (Å²) in [7, 11) is 2.75. The third kappa shape index (κ3) is 5.26. The lowest BCUT2D eigenvalue weighted by molar-refractivity contribution is -0.113. The van der Waals surface area contributed by atoms with Crippen molar-refractivity contribution in [3.05, 3.63) is 63.8 Å². The summed E-state index contributed by atoms with van der Waals surface area (Å²) in [6.45, 7) is 4.06. The molecule has 1 aliphatic heterocycles. The van der Waals surface area contributed by atoms with Crippen LogP contribution in [0.2, 0.25) is 5.02 Å². The van der Waals surface area contributed by atoms with Gasteiger partial charge in [-0.05, 0) is 31.5 Å². The Morgan fingerprint density at radius 1 is 1.15 bits per heavy atom. The van der Waals surface area contributed by atoms with Crippen LogP contribution < -0.4 is 25.4 Å². The molecular formula is C24H26ClN3O6. The zero-order valence-corrected chi connectivity index (χ0v) is 20.0. The second kappa shape index (κ2) is 10.9. The van der Waals surface area contributed by atoms with Crippen LogP contribution in [0.3, 0.4) is 0 Å². The van der Waals surface area contributed by atoms with E-state index >= 15 is 0 Å². The highest BCUT2D eigenvalue weighted by Gasteiger charge is 2.33. The van der Waals surface area contributed by atoms with Crippen molar-refractivity contribution >= 4 is 35.2 Å². The predicted octanol–water partition coefficient (Wildman–Crippen LogP) is 4.19. The number of carbonyl (C=O) groups is 3. The summed E-state index contributed by atoms with van der Waals surface area (Å²) in [6, 6.07) is 8.31. The minimum atomic E-state index is -0.888. The Morgan fingerprint density at radius 3 is 2.56 bits per heavy atom. The maximum Gasteiger partial charge on any atom is 0.339 e. The van der Waals surface area contributed by atoms with E-state index in [2.05, 4.69) is 16.0 Å². The minimum absolute atomic E-state index is 0.193. The third-order valence-corrected chi connectivity index (χ3v) is 5.48. The number of hydrogen-bond donors (Lipinski definition) is 3. The molecular weight excluding hydrogens is 462 g/mol. The lowest BCUT2D eigenvalue weighted by Gasteiger charge is -2.29. The smallest absolute Gasteiger partial charge is 0.339 e. The van der Waals surface area contributed by atoms with Crippen molar-refractivity contribution in [3.63, 3.8) is 0 Å². The Bertz CT molecular complexity index is 1150. The van der Waals surface area contributed by atoms with Crippen molar-refractivity contribution < 1.29 is 28.6 Å². The SMILES string of the molecule is CCCOc1cc(Cl)c(C2NC(=O)NC(C)=C2C(=O)Nc2ccccc2C(=O)OC)cc1OC. The fourth-order valence-electron chi connectivity index (χ4n) is 3.55. The molecule has 0 bridgehead atoms. The summed E-state index contributed by atoms with van der Waals surface area (Å²) in [5, 5.41) is 8.38. The van der Waals surface area contributed by atoms with E-state index < -0.39 is 23.9 Å². The molecule has 0 spiro atoms. The maximum atomic E-state index is 13.4. The molecule has 3 rings (SSSR count). The first-order chi connectivity index (χ1) is 16.3. The van der Waals surface area contributed by atoms with Crippen LogP contribution in [0.15, 0.2) is 47.7 Å². The second-order valence-corrected chi connectivity index (χ2v) is 7.84. The van der Waals surface area contributed by atoms with Crippen molar-refractivity contribution in [2.75, 3.05) is 26.1 Å². The molecule has 1 aliphatic rings. The summed E-state index contributed by atoms with van der Waals surface area (Å²) >= 11 is 6.56. The summed E-state index contributed by atoms with van der Waals surface area (Å²) in [4.78, 5) is 37.8. The van der Waals surface area contributed by atoms with Gasteiger partial charge in [0.2, 0.25) is 0 Å². The van der Waals surface area contributed by atoms with Gasteiger partial charge >= 0.3 is 12.0 Å². The molecule has 3 N–H and O–H groups in total. The van der Waals surface area contributed by atoms with Crippen LogP contribution in [0.5, 0.6) is 11.5 Å². The number of ether oxygens (including phenoxy) is 3. The average molecular weight is 488 g/mol. The molecule has 0 radical (unpaired) electrons. The first kappa shape index (κ1) is 24.9. The molecule has 0 aliphatic carbocycles. The van der Waals surface area contributed by atoms with E-state index in [1.807, 2.05) is 6.92 Å². The molecule has 2 aromatic carbocycles. The van der Waals surface area contributed by atoms with Gasteiger partial charge in [-0.3, -0.25) is 4.79 Å². The number of para-hydroxylation sites is 1.